The van der Waals surface area contributed by atoms with Gasteiger partial charge < -0.3 is 9.84 Å². The molecule has 29 heavy (non-hydrogen) atoms. The summed E-state index contributed by atoms with van der Waals surface area (Å²) in [4.78, 5) is 15.7. The largest absolute Gasteiger partial charge is 0.334 e. The fraction of sp³-hybridized carbons (Fsp3) is 0.105. The second-order valence-corrected chi connectivity index (χ2v) is 7.41. The van der Waals surface area contributed by atoms with Crippen LogP contribution in [-0.4, -0.2) is 30.8 Å². The Balaban J connectivity index is 1.48. The van der Waals surface area contributed by atoms with E-state index in [1.165, 1.54) is 18.7 Å². The van der Waals surface area contributed by atoms with Gasteiger partial charge in [0.1, 0.15) is 6.33 Å². The van der Waals surface area contributed by atoms with Crippen molar-refractivity contribution < 1.29 is 9.32 Å². The molecule has 0 atom stereocenters. The van der Waals surface area contributed by atoms with Crippen LogP contribution in [0.5, 0.6) is 0 Å². The monoisotopic (exact) mass is 426 g/mol. The predicted molar refractivity (Wildman–Crippen MR) is 110 cm³/mol. The Hall–Kier alpha value is -3.17. The number of benzene rings is 2. The Morgan fingerprint density at radius 3 is 2.86 bits per heavy atom. The molecule has 0 aliphatic heterocycles. The molecule has 0 saturated heterocycles. The number of carbonyl (C=O) groups is 1. The predicted octanol–water partition coefficient (Wildman–Crippen LogP) is 4.22. The number of anilines is 1. The number of rotatable bonds is 6. The summed E-state index contributed by atoms with van der Waals surface area (Å²) in [5.74, 6) is 1.30. The molecule has 4 rings (SSSR count). The maximum absolute atomic E-state index is 11.3. The van der Waals surface area contributed by atoms with Crippen molar-refractivity contribution in [3.63, 3.8) is 0 Å². The summed E-state index contributed by atoms with van der Waals surface area (Å²) in [7, 11) is 0. The fourth-order valence-electron chi connectivity index (χ4n) is 2.59. The molecule has 2 aromatic carbocycles. The SMILES string of the molecule is CC(=O)Nc1cccc(-n2cnnc2SCc2noc(-c3ccc(Cl)cc3)n2)c1. The molecular formula is C19H15ClN6O2S. The number of hydrogen-bond donors (Lipinski definition) is 1. The highest BCUT2D eigenvalue weighted by atomic mass is 35.5. The van der Waals surface area contributed by atoms with E-state index in [0.29, 0.717) is 33.3 Å². The molecule has 4 aromatic rings. The lowest BCUT2D eigenvalue weighted by molar-refractivity contribution is -0.114. The van der Waals surface area contributed by atoms with Gasteiger partial charge in [-0.25, -0.2) is 0 Å². The highest BCUT2D eigenvalue weighted by Gasteiger charge is 2.13. The van der Waals surface area contributed by atoms with Crippen molar-refractivity contribution in [1.29, 1.82) is 0 Å². The molecule has 0 radical (unpaired) electrons. The van der Waals surface area contributed by atoms with Crippen LogP contribution in [0.1, 0.15) is 12.7 Å². The second kappa shape index (κ2) is 8.46. The summed E-state index contributed by atoms with van der Waals surface area (Å²) in [6, 6.07) is 14.6. The number of aromatic nitrogens is 5. The highest BCUT2D eigenvalue weighted by Crippen LogP contribution is 2.25. The molecule has 146 valence electrons. The summed E-state index contributed by atoms with van der Waals surface area (Å²) in [5.41, 5.74) is 2.33. The number of nitrogens with zero attached hydrogens (tertiary/aromatic N) is 5. The minimum absolute atomic E-state index is 0.130. The molecule has 1 N–H and O–H groups in total. The summed E-state index contributed by atoms with van der Waals surface area (Å²) >= 11 is 7.33. The van der Waals surface area contributed by atoms with E-state index in [1.807, 2.05) is 41.0 Å². The van der Waals surface area contributed by atoms with Crippen LogP contribution < -0.4 is 5.32 Å². The normalized spacial score (nSPS) is 10.8. The van der Waals surface area contributed by atoms with Crippen LogP contribution in [0, 0.1) is 0 Å². The number of amides is 1. The molecule has 8 nitrogen and oxygen atoms in total. The van der Waals surface area contributed by atoms with Gasteiger partial charge in [-0.15, -0.1) is 10.2 Å². The quantitative estimate of drug-likeness (QED) is 0.461. The molecule has 0 aliphatic carbocycles. The van der Waals surface area contributed by atoms with E-state index in [1.54, 1.807) is 18.5 Å². The standard InChI is InChI=1S/C19H15ClN6O2S/c1-12(27)22-15-3-2-4-16(9-15)26-11-21-24-19(26)29-10-17-23-18(28-25-17)13-5-7-14(20)8-6-13/h2-9,11H,10H2,1H3,(H,22,27). The number of thioether (sulfide) groups is 1. The van der Waals surface area contributed by atoms with E-state index in [9.17, 15) is 4.79 Å². The van der Waals surface area contributed by atoms with Gasteiger partial charge in [0.2, 0.25) is 5.91 Å². The molecule has 0 aliphatic rings. The van der Waals surface area contributed by atoms with Gasteiger partial charge in [-0.2, -0.15) is 4.98 Å². The van der Waals surface area contributed by atoms with Gasteiger partial charge in [-0.3, -0.25) is 9.36 Å². The average molecular weight is 427 g/mol. The Bertz CT molecular complexity index is 1140. The van der Waals surface area contributed by atoms with Crippen molar-refractivity contribution in [1.82, 2.24) is 24.9 Å². The van der Waals surface area contributed by atoms with Gasteiger partial charge in [0, 0.05) is 23.2 Å². The molecule has 2 aromatic heterocycles. The van der Waals surface area contributed by atoms with Gasteiger partial charge in [-0.1, -0.05) is 34.6 Å². The summed E-state index contributed by atoms with van der Waals surface area (Å²) in [5, 5.41) is 16.2. The molecule has 1 amide bonds. The minimum atomic E-state index is -0.130. The van der Waals surface area contributed by atoms with Crippen molar-refractivity contribution >= 4 is 35.0 Å². The van der Waals surface area contributed by atoms with Crippen LogP contribution in [-0.2, 0) is 10.5 Å². The van der Waals surface area contributed by atoms with E-state index in [0.717, 1.165) is 11.3 Å². The second-order valence-electron chi connectivity index (χ2n) is 6.03. The first-order valence-electron chi connectivity index (χ1n) is 8.58. The zero-order chi connectivity index (χ0) is 20.2. The third kappa shape index (κ3) is 4.64. The third-order valence-electron chi connectivity index (χ3n) is 3.85. The van der Waals surface area contributed by atoms with Crippen molar-refractivity contribution in [2.24, 2.45) is 0 Å². The molecule has 10 heteroatoms. The summed E-state index contributed by atoms with van der Waals surface area (Å²) < 4.78 is 7.16. The zero-order valence-corrected chi connectivity index (χ0v) is 16.8. The molecule has 0 fully saturated rings. The maximum atomic E-state index is 11.3. The van der Waals surface area contributed by atoms with Gasteiger partial charge >= 0.3 is 0 Å². The molecule has 0 bridgehead atoms. The number of carbonyl (C=O) groups excluding carboxylic acids is 1. The average Bonchev–Trinajstić information content (AvgIpc) is 3.36. The van der Waals surface area contributed by atoms with E-state index in [2.05, 4.69) is 25.7 Å². The molecular weight excluding hydrogens is 412 g/mol. The van der Waals surface area contributed by atoms with Crippen molar-refractivity contribution in [3.05, 3.63) is 65.7 Å². The van der Waals surface area contributed by atoms with Crippen molar-refractivity contribution in [2.45, 2.75) is 17.8 Å². The lowest BCUT2D eigenvalue weighted by atomic mass is 10.2. The maximum Gasteiger partial charge on any atom is 0.257 e. The third-order valence-corrected chi connectivity index (χ3v) is 5.04. The van der Waals surface area contributed by atoms with Gasteiger partial charge in [0.25, 0.3) is 5.89 Å². The Morgan fingerprint density at radius 1 is 1.24 bits per heavy atom. The topological polar surface area (TPSA) is 98.7 Å². The first kappa shape index (κ1) is 19.2. The first-order chi connectivity index (χ1) is 14.1. The number of nitrogens with one attached hydrogen (secondary N) is 1. The summed E-state index contributed by atoms with van der Waals surface area (Å²) in [6.07, 6.45) is 1.62. The van der Waals surface area contributed by atoms with Crippen LogP contribution in [0.3, 0.4) is 0 Å². The highest BCUT2D eigenvalue weighted by molar-refractivity contribution is 7.98. The Labute approximate surface area is 175 Å². The van der Waals surface area contributed by atoms with E-state index >= 15 is 0 Å². The molecule has 0 unspecified atom stereocenters. The first-order valence-corrected chi connectivity index (χ1v) is 9.94. The number of hydrogen-bond acceptors (Lipinski definition) is 7. The smallest absolute Gasteiger partial charge is 0.257 e. The van der Waals surface area contributed by atoms with Crippen LogP contribution in [0.15, 0.2) is 64.5 Å². The minimum Gasteiger partial charge on any atom is -0.334 e. The molecule has 2 heterocycles. The summed E-state index contributed by atoms with van der Waals surface area (Å²) in [6.45, 7) is 1.47. The van der Waals surface area contributed by atoms with Gasteiger partial charge in [0.15, 0.2) is 11.0 Å². The molecule has 0 saturated carbocycles. The van der Waals surface area contributed by atoms with E-state index < -0.39 is 0 Å². The fourth-order valence-corrected chi connectivity index (χ4v) is 3.49. The lowest BCUT2D eigenvalue weighted by Gasteiger charge is -2.08. The van der Waals surface area contributed by atoms with E-state index in [4.69, 9.17) is 16.1 Å². The Morgan fingerprint density at radius 2 is 2.07 bits per heavy atom. The zero-order valence-electron chi connectivity index (χ0n) is 15.2. The number of halogens is 1. The van der Waals surface area contributed by atoms with Crippen LogP contribution in [0.2, 0.25) is 5.02 Å². The molecule has 0 spiro atoms. The van der Waals surface area contributed by atoms with Crippen LogP contribution in [0.25, 0.3) is 17.1 Å². The van der Waals surface area contributed by atoms with Crippen LogP contribution in [0.4, 0.5) is 5.69 Å². The van der Waals surface area contributed by atoms with Gasteiger partial charge in [0.05, 0.1) is 11.4 Å². The lowest BCUT2D eigenvalue weighted by Crippen LogP contribution is -2.06. The van der Waals surface area contributed by atoms with Gasteiger partial charge in [-0.05, 0) is 42.5 Å². The van der Waals surface area contributed by atoms with Crippen LogP contribution >= 0.6 is 23.4 Å². The van der Waals surface area contributed by atoms with Crippen molar-refractivity contribution in [3.8, 4) is 17.1 Å². The van der Waals surface area contributed by atoms with Crippen molar-refractivity contribution in [2.75, 3.05) is 5.32 Å². The Kier molecular flexibility index (Phi) is 5.59. The van der Waals surface area contributed by atoms with E-state index in [-0.39, 0.29) is 5.91 Å².